The summed E-state index contributed by atoms with van der Waals surface area (Å²) in [6.07, 6.45) is 0.598. The monoisotopic (exact) mass is 738 g/mol. The number of ether oxygens (including phenoxy) is 4. The number of carboxylic acids is 2. The summed E-state index contributed by atoms with van der Waals surface area (Å²) in [5, 5.41) is 31.7. The Bertz CT molecular complexity index is 1870. The average Bonchev–Trinajstić information content (AvgIpc) is 3.69. The largest absolute Gasteiger partial charge is 0.480 e. The number of aliphatic carboxylic acids is 2. The third kappa shape index (κ3) is 8.88. The molecule has 13 heteroatoms. The minimum atomic E-state index is -1.37. The third-order valence-corrected chi connectivity index (χ3v) is 9.64. The Labute approximate surface area is 311 Å². The molecule has 1 saturated heterocycles. The number of fused-ring (bicyclic) bond motifs is 6. The van der Waals surface area contributed by atoms with E-state index < -0.39 is 49.1 Å². The van der Waals surface area contributed by atoms with E-state index in [1.54, 1.807) is 0 Å². The van der Waals surface area contributed by atoms with Crippen molar-refractivity contribution in [1.82, 2.24) is 10.6 Å². The fourth-order valence-electron chi connectivity index (χ4n) is 6.97. The van der Waals surface area contributed by atoms with Gasteiger partial charge in [-0.05, 0) is 63.8 Å². The minimum Gasteiger partial charge on any atom is -0.480 e. The van der Waals surface area contributed by atoms with Crippen LogP contribution in [0.25, 0.3) is 22.3 Å². The zero-order valence-electron chi connectivity index (χ0n) is 29.4. The zero-order valence-corrected chi connectivity index (χ0v) is 29.4. The Hall–Kier alpha value is -5.76. The van der Waals surface area contributed by atoms with Gasteiger partial charge in [0.1, 0.15) is 13.2 Å². The van der Waals surface area contributed by atoms with Crippen LogP contribution in [0.5, 0.6) is 0 Å². The number of amides is 2. The molecule has 1 heterocycles. The second kappa shape index (κ2) is 17.8. The second-order valence-corrected chi connectivity index (χ2v) is 13.0. The Balaban J connectivity index is 0.000000189. The maximum atomic E-state index is 12.3. The molecule has 1 unspecified atom stereocenters. The van der Waals surface area contributed by atoms with Gasteiger partial charge in [0, 0.05) is 18.4 Å². The van der Waals surface area contributed by atoms with Crippen LogP contribution in [-0.4, -0.2) is 90.9 Å². The molecule has 282 valence electrons. The summed E-state index contributed by atoms with van der Waals surface area (Å²) in [4.78, 5) is 46.4. The van der Waals surface area contributed by atoms with E-state index in [0.717, 1.165) is 63.8 Å². The van der Waals surface area contributed by atoms with Gasteiger partial charge in [-0.15, -0.1) is 0 Å². The molecule has 0 bridgehead atoms. The number of carbonyl (C=O) groups excluding carboxylic acids is 2. The summed E-state index contributed by atoms with van der Waals surface area (Å²) in [5.74, 6) is -2.68. The van der Waals surface area contributed by atoms with Gasteiger partial charge in [-0.2, -0.15) is 0 Å². The highest BCUT2D eigenvalue weighted by atomic mass is 16.7. The van der Waals surface area contributed by atoms with Crippen LogP contribution in [0, 0.1) is 0 Å². The van der Waals surface area contributed by atoms with Gasteiger partial charge in [0.15, 0.2) is 18.4 Å². The summed E-state index contributed by atoms with van der Waals surface area (Å²) in [6.45, 7) is -0.0532. The third-order valence-electron chi connectivity index (χ3n) is 9.64. The summed E-state index contributed by atoms with van der Waals surface area (Å²) in [5.41, 5.74) is 8.82. The van der Waals surface area contributed by atoms with E-state index in [9.17, 15) is 24.3 Å². The summed E-state index contributed by atoms with van der Waals surface area (Å²) in [7, 11) is 0. The van der Waals surface area contributed by atoms with Crippen LogP contribution in [0.1, 0.15) is 53.4 Å². The van der Waals surface area contributed by atoms with Crippen molar-refractivity contribution in [2.24, 2.45) is 0 Å². The van der Waals surface area contributed by atoms with Crippen molar-refractivity contribution in [3.05, 3.63) is 119 Å². The fraction of sp³-hybridized carbons (Fsp3) is 0.317. The molecule has 13 nitrogen and oxygen atoms in total. The number of aliphatic hydroxyl groups is 1. The molecule has 0 radical (unpaired) electrons. The molecule has 2 aliphatic carbocycles. The second-order valence-electron chi connectivity index (χ2n) is 13.0. The van der Waals surface area contributed by atoms with Gasteiger partial charge in [0.2, 0.25) is 0 Å². The lowest BCUT2D eigenvalue weighted by molar-refractivity contribution is -0.171. The van der Waals surface area contributed by atoms with Crippen LogP contribution in [0.4, 0.5) is 9.59 Å². The first-order valence-electron chi connectivity index (χ1n) is 17.8. The Morgan fingerprint density at radius 2 is 1.04 bits per heavy atom. The molecule has 1 aliphatic heterocycles. The highest BCUT2D eigenvalue weighted by Gasteiger charge is 2.31. The Morgan fingerprint density at radius 1 is 0.630 bits per heavy atom. The fourth-order valence-corrected chi connectivity index (χ4v) is 6.97. The van der Waals surface area contributed by atoms with Crippen LogP contribution in [0.2, 0.25) is 0 Å². The van der Waals surface area contributed by atoms with Gasteiger partial charge >= 0.3 is 24.1 Å². The molecule has 5 N–H and O–H groups in total. The molecule has 54 heavy (non-hydrogen) atoms. The van der Waals surface area contributed by atoms with Gasteiger partial charge in [-0.25, -0.2) is 19.2 Å². The zero-order chi connectivity index (χ0) is 38.0. The highest BCUT2D eigenvalue weighted by Crippen LogP contribution is 2.45. The number of benzene rings is 4. The summed E-state index contributed by atoms with van der Waals surface area (Å²) >= 11 is 0. The molecular weight excluding hydrogens is 696 g/mol. The number of carboxylic acid groups (broad SMARTS) is 2. The maximum Gasteiger partial charge on any atom is 0.407 e. The van der Waals surface area contributed by atoms with Gasteiger partial charge in [0.05, 0.1) is 13.2 Å². The first-order chi connectivity index (χ1) is 26.2. The van der Waals surface area contributed by atoms with E-state index in [4.69, 9.17) is 29.2 Å². The van der Waals surface area contributed by atoms with Gasteiger partial charge in [0.25, 0.3) is 0 Å². The predicted octanol–water partition coefficient (Wildman–Crippen LogP) is 5.49. The SMILES string of the molecule is O=C(N[C@@H](CO)C(=O)O)OCC1c2ccccc2-c2ccccc21.O=C(N[C@@H](COC1CCCCO1)C(=O)O)OCC1c2ccccc2-c2ccccc21. The van der Waals surface area contributed by atoms with Crippen molar-refractivity contribution in [1.29, 1.82) is 0 Å². The summed E-state index contributed by atoms with van der Waals surface area (Å²) in [6, 6.07) is 29.3. The molecule has 3 atom stereocenters. The molecule has 3 aliphatic rings. The molecule has 1 fully saturated rings. The average molecular weight is 739 g/mol. The van der Waals surface area contributed by atoms with Crippen molar-refractivity contribution in [3.8, 4) is 22.3 Å². The topological polar surface area (TPSA) is 190 Å². The van der Waals surface area contributed by atoms with Crippen molar-refractivity contribution < 1.29 is 53.4 Å². The van der Waals surface area contributed by atoms with Crippen molar-refractivity contribution in [3.63, 3.8) is 0 Å². The van der Waals surface area contributed by atoms with Crippen LogP contribution in [-0.2, 0) is 28.5 Å². The lowest BCUT2D eigenvalue weighted by Gasteiger charge is -2.24. The van der Waals surface area contributed by atoms with E-state index in [1.807, 2.05) is 84.9 Å². The normalized spacial score (nSPS) is 16.6. The lowest BCUT2D eigenvalue weighted by atomic mass is 9.98. The standard InChI is InChI=1S/C23H25NO6.C18H17NO5/c25-22(26)20(14-29-21-11-5-6-12-28-21)24-23(27)30-13-19-17-9-3-1-7-15(17)16-8-2-4-10-18(16)19;20-9-16(17(21)22)19-18(23)24-10-15-13-7-3-1-5-11(13)12-6-2-4-8-14(12)15/h1-4,7-10,19-21H,5-6,11-14H2,(H,24,27)(H,25,26);1-8,15-16,20H,9-10H2,(H,19,23)(H,21,22)/t20-,21?;16-/m00/s1. The molecule has 0 spiro atoms. The number of alkyl carbamates (subject to hydrolysis) is 2. The molecule has 0 saturated carbocycles. The van der Waals surface area contributed by atoms with Crippen LogP contribution < -0.4 is 10.6 Å². The number of rotatable bonds is 12. The van der Waals surface area contributed by atoms with E-state index in [2.05, 4.69) is 22.8 Å². The van der Waals surface area contributed by atoms with Crippen molar-refractivity contribution >= 4 is 24.1 Å². The predicted molar refractivity (Wildman–Crippen MR) is 196 cm³/mol. The number of carbonyl (C=O) groups is 4. The number of aliphatic hydroxyl groups excluding tert-OH is 1. The van der Waals surface area contributed by atoms with E-state index >= 15 is 0 Å². The van der Waals surface area contributed by atoms with Crippen molar-refractivity contribution in [2.45, 2.75) is 49.5 Å². The van der Waals surface area contributed by atoms with Gasteiger partial charge in [-0.3, -0.25) is 0 Å². The van der Waals surface area contributed by atoms with Crippen molar-refractivity contribution in [2.75, 3.05) is 33.0 Å². The van der Waals surface area contributed by atoms with Crippen LogP contribution in [0.3, 0.4) is 0 Å². The molecule has 2 amide bonds. The lowest BCUT2D eigenvalue weighted by Crippen LogP contribution is -2.45. The van der Waals surface area contributed by atoms with Crippen LogP contribution >= 0.6 is 0 Å². The number of nitrogens with one attached hydrogen (secondary N) is 2. The van der Waals surface area contributed by atoms with Gasteiger partial charge < -0.3 is 44.9 Å². The summed E-state index contributed by atoms with van der Waals surface area (Å²) < 4.78 is 21.5. The van der Waals surface area contributed by atoms with E-state index in [0.29, 0.717) is 6.61 Å². The Kier molecular flexibility index (Phi) is 12.5. The van der Waals surface area contributed by atoms with E-state index in [1.165, 1.54) is 0 Å². The first-order valence-corrected chi connectivity index (χ1v) is 17.8. The molecule has 4 aromatic rings. The molecular formula is C41H42N2O11. The highest BCUT2D eigenvalue weighted by molar-refractivity contribution is 5.82. The first kappa shape index (κ1) is 38.0. The van der Waals surface area contributed by atoms with Gasteiger partial charge in [-0.1, -0.05) is 97.1 Å². The Morgan fingerprint density at radius 3 is 1.41 bits per heavy atom. The number of hydrogen-bond acceptors (Lipinski definition) is 9. The van der Waals surface area contributed by atoms with Crippen LogP contribution in [0.15, 0.2) is 97.1 Å². The maximum absolute atomic E-state index is 12.3. The molecule has 7 rings (SSSR count). The molecule has 4 aromatic carbocycles. The minimum absolute atomic E-state index is 0.0849. The van der Waals surface area contributed by atoms with E-state index in [-0.39, 0.29) is 31.7 Å². The molecule has 0 aromatic heterocycles. The quantitative estimate of drug-likeness (QED) is 0.124. The smallest absolute Gasteiger partial charge is 0.407 e. The number of hydrogen-bond donors (Lipinski definition) is 5.